The van der Waals surface area contributed by atoms with E-state index in [-0.39, 0.29) is 0 Å². The van der Waals surface area contributed by atoms with Gasteiger partial charge in [0.2, 0.25) is 0 Å². The summed E-state index contributed by atoms with van der Waals surface area (Å²) in [6, 6.07) is 82.9. The van der Waals surface area contributed by atoms with Gasteiger partial charge in [-0.15, -0.1) is 0 Å². The molecule has 0 unspecified atom stereocenters. The standard InChI is InChI=1S/C58H38N2O/c1-2-17-40(18-3-1)45-22-6-10-29-51(45)59(42-37-35-41(36-38-42)44-26-14-20-39-19-4-5-21-43(39)44)52-30-11-7-23-46(52)48-27-15-32-54-57(48)50-25-8-12-31-53(50)60(54)55-33-16-28-49-47-24-9-13-34-56(47)61-58(49)55/h1-38H. The molecule has 0 aliphatic heterocycles. The van der Waals surface area contributed by atoms with Gasteiger partial charge in [0.15, 0.2) is 5.58 Å². The number of rotatable bonds is 7. The molecule has 2 aromatic heterocycles. The number of fused-ring (bicyclic) bond motifs is 7. The topological polar surface area (TPSA) is 21.3 Å². The molecule has 3 heteroatoms. The molecular weight excluding hydrogens is 741 g/mol. The summed E-state index contributed by atoms with van der Waals surface area (Å²) in [5.41, 5.74) is 15.3. The summed E-state index contributed by atoms with van der Waals surface area (Å²) in [6.45, 7) is 0. The van der Waals surface area contributed by atoms with Gasteiger partial charge >= 0.3 is 0 Å². The maximum atomic E-state index is 6.65. The van der Waals surface area contributed by atoms with Crippen molar-refractivity contribution >= 4 is 71.6 Å². The molecule has 0 saturated heterocycles. The first kappa shape index (κ1) is 34.9. The molecule has 0 saturated carbocycles. The SMILES string of the molecule is c1ccc(-c2ccccc2N(c2ccc(-c3cccc4ccccc34)cc2)c2ccccc2-c2cccc3c2c2ccccc2n3-c2cccc3c2oc2ccccc23)cc1. The van der Waals surface area contributed by atoms with Crippen LogP contribution in [0.3, 0.4) is 0 Å². The lowest BCUT2D eigenvalue weighted by Crippen LogP contribution is -2.12. The van der Waals surface area contributed by atoms with E-state index in [1.54, 1.807) is 0 Å². The van der Waals surface area contributed by atoms with Gasteiger partial charge in [-0.05, 0) is 81.6 Å². The minimum Gasteiger partial charge on any atom is -0.454 e. The van der Waals surface area contributed by atoms with E-state index >= 15 is 0 Å². The van der Waals surface area contributed by atoms with Crippen molar-refractivity contribution in [3.05, 3.63) is 231 Å². The zero-order valence-corrected chi connectivity index (χ0v) is 33.2. The van der Waals surface area contributed by atoms with Crippen LogP contribution >= 0.6 is 0 Å². The molecule has 0 radical (unpaired) electrons. The van der Waals surface area contributed by atoms with E-state index in [1.165, 1.54) is 32.7 Å². The molecule has 0 atom stereocenters. The Morgan fingerprint density at radius 3 is 1.75 bits per heavy atom. The van der Waals surface area contributed by atoms with Crippen LogP contribution in [0.15, 0.2) is 235 Å². The third-order valence-electron chi connectivity index (χ3n) is 12.2. The third kappa shape index (κ3) is 5.66. The van der Waals surface area contributed by atoms with E-state index in [4.69, 9.17) is 4.42 Å². The highest BCUT2D eigenvalue weighted by molar-refractivity contribution is 6.18. The van der Waals surface area contributed by atoms with Crippen molar-refractivity contribution in [2.45, 2.75) is 0 Å². The maximum absolute atomic E-state index is 6.65. The minimum atomic E-state index is 0.882. The van der Waals surface area contributed by atoms with Gasteiger partial charge in [0.25, 0.3) is 0 Å². The van der Waals surface area contributed by atoms with Gasteiger partial charge in [-0.3, -0.25) is 0 Å². The second-order valence-electron chi connectivity index (χ2n) is 15.6. The fraction of sp³-hybridized carbons (Fsp3) is 0. The zero-order chi connectivity index (χ0) is 40.3. The van der Waals surface area contributed by atoms with Gasteiger partial charge in [0, 0.05) is 38.4 Å². The Labute approximate surface area is 353 Å². The van der Waals surface area contributed by atoms with Gasteiger partial charge in [0.05, 0.1) is 28.1 Å². The lowest BCUT2D eigenvalue weighted by Gasteiger charge is -2.30. The summed E-state index contributed by atoms with van der Waals surface area (Å²) in [7, 11) is 0. The van der Waals surface area contributed by atoms with E-state index in [1.807, 2.05) is 6.07 Å². The lowest BCUT2D eigenvalue weighted by atomic mass is 9.95. The van der Waals surface area contributed by atoms with E-state index < -0.39 is 0 Å². The number of hydrogen-bond acceptors (Lipinski definition) is 2. The molecule has 0 amide bonds. The maximum Gasteiger partial charge on any atom is 0.159 e. The normalized spacial score (nSPS) is 11.6. The Kier molecular flexibility index (Phi) is 8.17. The molecule has 10 aromatic carbocycles. The van der Waals surface area contributed by atoms with Crippen LogP contribution in [0.25, 0.3) is 93.6 Å². The average Bonchev–Trinajstić information content (AvgIpc) is 3.89. The lowest BCUT2D eigenvalue weighted by molar-refractivity contribution is 0.666. The Balaban J connectivity index is 1.09. The van der Waals surface area contributed by atoms with Crippen molar-refractivity contribution in [1.29, 1.82) is 0 Å². The fourth-order valence-electron chi connectivity index (χ4n) is 9.51. The van der Waals surface area contributed by atoms with Crippen LogP contribution in [0.1, 0.15) is 0 Å². The molecule has 12 aromatic rings. The van der Waals surface area contributed by atoms with Crippen LogP contribution < -0.4 is 4.90 Å². The van der Waals surface area contributed by atoms with Crippen molar-refractivity contribution < 1.29 is 4.42 Å². The molecule has 0 bridgehead atoms. The molecule has 0 fully saturated rings. The van der Waals surface area contributed by atoms with Gasteiger partial charge in [0.1, 0.15) is 5.58 Å². The summed E-state index contributed by atoms with van der Waals surface area (Å²) in [4.78, 5) is 2.44. The monoisotopic (exact) mass is 778 g/mol. The first-order valence-corrected chi connectivity index (χ1v) is 20.9. The predicted octanol–water partition coefficient (Wildman–Crippen LogP) is 16.3. The summed E-state index contributed by atoms with van der Waals surface area (Å²) in [5.74, 6) is 0. The van der Waals surface area contributed by atoms with Crippen LogP contribution in [-0.2, 0) is 0 Å². The molecule has 2 heterocycles. The molecule has 286 valence electrons. The molecule has 0 N–H and O–H groups in total. The first-order valence-electron chi connectivity index (χ1n) is 20.9. The van der Waals surface area contributed by atoms with Crippen molar-refractivity contribution in [2.24, 2.45) is 0 Å². The van der Waals surface area contributed by atoms with Gasteiger partial charge in [-0.1, -0.05) is 182 Å². The number of nitrogens with zero attached hydrogens (tertiary/aromatic N) is 2. The Bertz CT molecular complexity index is 3590. The number of furan rings is 1. The largest absolute Gasteiger partial charge is 0.454 e. The fourth-order valence-corrected chi connectivity index (χ4v) is 9.51. The van der Waals surface area contributed by atoms with E-state index in [0.29, 0.717) is 0 Å². The van der Waals surface area contributed by atoms with E-state index in [9.17, 15) is 0 Å². The quantitative estimate of drug-likeness (QED) is 0.161. The molecular formula is C58H38N2O. The molecule has 0 aliphatic rings. The Morgan fingerprint density at radius 2 is 0.902 bits per heavy atom. The second-order valence-corrected chi connectivity index (χ2v) is 15.6. The van der Waals surface area contributed by atoms with Gasteiger partial charge < -0.3 is 13.9 Å². The van der Waals surface area contributed by atoms with Crippen molar-refractivity contribution in [2.75, 3.05) is 4.90 Å². The molecule has 12 rings (SSSR count). The first-order chi connectivity index (χ1) is 30.3. The van der Waals surface area contributed by atoms with Crippen molar-refractivity contribution in [1.82, 2.24) is 4.57 Å². The summed E-state index contributed by atoms with van der Waals surface area (Å²) in [6.07, 6.45) is 0. The van der Waals surface area contributed by atoms with Crippen LogP contribution in [0.5, 0.6) is 0 Å². The summed E-state index contributed by atoms with van der Waals surface area (Å²) < 4.78 is 9.03. The summed E-state index contributed by atoms with van der Waals surface area (Å²) in [5, 5.41) is 7.10. The smallest absolute Gasteiger partial charge is 0.159 e. The number of para-hydroxylation sites is 5. The van der Waals surface area contributed by atoms with Crippen LogP contribution in [0.2, 0.25) is 0 Å². The second kappa shape index (κ2) is 14.3. The molecule has 61 heavy (non-hydrogen) atoms. The summed E-state index contributed by atoms with van der Waals surface area (Å²) >= 11 is 0. The number of aromatic nitrogens is 1. The minimum absolute atomic E-state index is 0.882. The number of hydrogen-bond donors (Lipinski definition) is 0. The van der Waals surface area contributed by atoms with Crippen LogP contribution in [0, 0.1) is 0 Å². The van der Waals surface area contributed by atoms with Crippen LogP contribution in [0.4, 0.5) is 17.1 Å². The number of benzene rings is 10. The van der Waals surface area contributed by atoms with E-state index in [2.05, 4.69) is 234 Å². The van der Waals surface area contributed by atoms with E-state index in [0.717, 1.165) is 78.0 Å². The van der Waals surface area contributed by atoms with Gasteiger partial charge in [-0.25, -0.2) is 0 Å². The predicted molar refractivity (Wildman–Crippen MR) is 257 cm³/mol. The number of anilines is 3. The Morgan fingerprint density at radius 1 is 0.344 bits per heavy atom. The van der Waals surface area contributed by atoms with Crippen molar-refractivity contribution in [3.63, 3.8) is 0 Å². The highest BCUT2D eigenvalue weighted by Crippen LogP contribution is 2.48. The zero-order valence-electron chi connectivity index (χ0n) is 33.2. The molecule has 0 spiro atoms. The third-order valence-corrected chi connectivity index (χ3v) is 12.2. The Hall–Kier alpha value is -8.14. The molecule has 0 aliphatic carbocycles. The molecule has 3 nitrogen and oxygen atoms in total. The van der Waals surface area contributed by atoms with Crippen molar-refractivity contribution in [3.8, 4) is 39.1 Å². The van der Waals surface area contributed by atoms with Gasteiger partial charge in [-0.2, -0.15) is 0 Å². The highest BCUT2D eigenvalue weighted by atomic mass is 16.3. The average molecular weight is 779 g/mol. The van der Waals surface area contributed by atoms with Crippen LogP contribution in [-0.4, -0.2) is 4.57 Å². The highest BCUT2D eigenvalue weighted by Gasteiger charge is 2.24.